The zero-order valence-electron chi connectivity index (χ0n) is 13.3. The lowest BCUT2D eigenvalue weighted by atomic mass is 10.0. The molecule has 0 spiro atoms. The molecule has 0 saturated carbocycles. The summed E-state index contributed by atoms with van der Waals surface area (Å²) in [7, 11) is 0. The zero-order chi connectivity index (χ0) is 17.8. The number of nitrogens with one attached hydrogen (secondary N) is 1. The van der Waals surface area contributed by atoms with Crippen LogP contribution in [-0.2, 0) is 6.18 Å². The molecule has 0 aliphatic rings. The number of anilines is 1. The van der Waals surface area contributed by atoms with Crippen molar-refractivity contribution < 1.29 is 13.2 Å². The van der Waals surface area contributed by atoms with E-state index in [2.05, 4.69) is 9.97 Å². The molecule has 0 bridgehead atoms. The maximum absolute atomic E-state index is 13.0. The fourth-order valence-corrected chi connectivity index (χ4v) is 3.02. The van der Waals surface area contributed by atoms with E-state index >= 15 is 0 Å². The van der Waals surface area contributed by atoms with Gasteiger partial charge in [0.1, 0.15) is 0 Å². The third-order valence-electron chi connectivity index (χ3n) is 4.22. The number of nitrogens with two attached hydrogens (primary N) is 1. The summed E-state index contributed by atoms with van der Waals surface area (Å²) in [6.45, 7) is 1.96. The molecule has 25 heavy (non-hydrogen) atoms. The Balaban J connectivity index is 1.90. The van der Waals surface area contributed by atoms with Gasteiger partial charge in [0.25, 0.3) is 0 Å². The van der Waals surface area contributed by atoms with E-state index < -0.39 is 11.7 Å². The van der Waals surface area contributed by atoms with Crippen LogP contribution in [0.1, 0.15) is 11.3 Å². The van der Waals surface area contributed by atoms with Gasteiger partial charge >= 0.3 is 6.18 Å². The van der Waals surface area contributed by atoms with Crippen LogP contribution in [-0.4, -0.2) is 9.97 Å². The van der Waals surface area contributed by atoms with Crippen molar-refractivity contribution in [3.8, 4) is 11.3 Å². The van der Waals surface area contributed by atoms with Crippen molar-refractivity contribution in [3.05, 3.63) is 59.8 Å². The van der Waals surface area contributed by atoms with Gasteiger partial charge in [-0.1, -0.05) is 12.1 Å². The van der Waals surface area contributed by atoms with Crippen LogP contribution in [0.2, 0.25) is 0 Å². The minimum absolute atomic E-state index is 0.232. The molecule has 0 amide bonds. The Bertz CT molecular complexity index is 1110. The third-order valence-corrected chi connectivity index (χ3v) is 4.22. The maximum Gasteiger partial charge on any atom is 0.416 e. The average Bonchev–Trinajstić information content (AvgIpc) is 2.92. The van der Waals surface area contributed by atoms with Gasteiger partial charge in [-0.2, -0.15) is 13.2 Å². The fourth-order valence-electron chi connectivity index (χ4n) is 3.02. The molecule has 2 aromatic heterocycles. The van der Waals surface area contributed by atoms with Gasteiger partial charge in [0.2, 0.25) is 0 Å². The number of pyridine rings is 1. The molecule has 0 atom stereocenters. The van der Waals surface area contributed by atoms with E-state index in [1.54, 1.807) is 6.07 Å². The summed E-state index contributed by atoms with van der Waals surface area (Å²) < 4.78 is 38.9. The SMILES string of the molecule is Cc1cc2cc(-c3cc(N)c4ccc(C(F)(F)F)cc4n3)ccc2[nH]1. The molecule has 3 N–H and O–H groups in total. The number of nitrogens with zero attached hydrogens (tertiary/aromatic N) is 1. The number of fused-ring (bicyclic) bond motifs is 2. The van der Waals surface area contributed by atoms with Crippen LogP contribution in [0.5, 0.6) is 0 Å². The van der Waals surface area contributed by atoms with E-state index in [0.717, 1.165) is 34.3 Å². The second-order valence-electron chi connectivity index (χ2n) is 6.08. The number of aromatic nitrogens is 2. The van der Waals surface area contributed by atoms with Crippen molar-refractivity contribution in [2.45, 2.75) is 13.1 Å². The summed E-state index contributed by atoms with van der Waals surface area (Å²) in [4.78, 5) is 7.64. The molecule has 3 nitrogen and oxygen atoms in total. The monoisotopic (exact) mass is 341 g/mol. The molecule has 0 fully saturated rings. The van der Waals surface area contributed by atoms with Crippen molar-refractivity contribution in [1.82, 2.24) is 9.97 Å². The van der Waals surface area contributed by atoms with Gasteiger partial charge in [0.15, 0.2) is 0 Å². The Labute approximate surface area is 141 Å². The largest absolute Gasteiger partial charge is 0.416 e. The van der Waals surface area contributed by atoms with Gasteiger partial charge in [-0.3, -0.25) is 0 Å². The standard InChI is InChI=1S/C19H14F3N3/c1-10-6-12-7-11(2-5-16(12)24-10)17-9-15(23)14-4-3-13(19(20,21)22)8-18(14)25-17/h2-9,24H,1H3,(H2,23,25). The van der Waals surface area contributed by atoms with Gasteiger partial charge in [-0.05, 0) is 43.3 Å². The average molecular weight is 341 g/mol. The van der Waals surface area contributed by atoms with Crippen LogP contribution in [0.25, 0.3) is 33.1 Å². The number of benzene rings is 2. The van der Waals surface area contributed by atoms with Crippen molar-refractivity contribution >= 4 is 27.5 Å². The Morgan fingerprint density at radius 3 is 2.56 bits per heavy atom. The predicted octanol–water partition coefficient (Wildman–Crippen LogP) is 5.29. The topological polar surface area (TPSA) is 54.7 Å². The predicted molar refractivity (Wildman–Crippen MR) is 93.2 cm³/mol. The van der Waals surface area contributed by atoms with Crippen molar-refractivity contribution in [1.29, 1.82) is 0 Å². The Kier molecular flexibility index (Phi) is 3.25. The van der Waals surface area contributed by atoms with Crippen LogP contribution in [0.15, 0.2) is 48.5 Å². The van der Waals surface area contributed by atoms with Gasteiger partial charge < -0.3 is 10.7 Å². The van der Waals surface area contributed by atoms with Crippen LogP contribution in [0, 0.1) is 6.92 Å². The number of hydrogen-bond acceptors (Lipinski definition) is 2. The van der Waals surface area contributed by atoms with E-state index in [4.69, 9.17) is 5.73 Å². The van der Waals surface area contributed by atoms with Gasteiger partial charge in [0.05, 0.1) is 16.8 Å². The number of alkyl halides is 3. The number of halogens is 3. The highest BCUT2D eigenvalue weighted by Crippen LogP contribution is 2.34. The first-order chi connectivity index (χ1) is 11.8. The molecule has 0 aliphatic heterocycles. The fraction of sp³-hybridized carbons (Fsp3) is 0.105. The summed E-state index contributed by atoms with van der Waals surface area (Å²) in [5.41, 5.74) is 9.32. The lowest BCUT2D eigenvalue weighted by Gasteiger charge is -2.10. The molecule has 4 rings (SSSR count). The number of H-pyrrole nitrogens is 1. The molecule has 126 valence electrons. The summed E-state index contributed by atoms with van der Waals surface area (Å²) in [5, 5.41) is 1.52. The highest BCUT2D eigenvalue weighted by atomic mass is 19.4. The summed E-state index contributed by atoms with van der Waals surface area (Å²) in [6, 6.07) is 12.9. The number of aryl methyl sites for hydroxylation is 1. The first-order valence-electron chi connectivity index (χ1n) is 7.68. The van der Waals surface area contributed by atoms with Gasteiger partial charge in [-0.15, -0.1) is 0 Å². The van der Waals surface area contributed by atoms with Gasteiger partial charge in [-0.25, -0.2) is 4.98 Å². The van der Waals surface area contributed by atoms with Crippen molar-refractivity contribution in [2.24, 2.45) is 0 Å². The molecule has 2 aromatic carbocycles. The molecule has 0 unspecified atom stereocenters. The lowest BCUT2D eigenvalue weighted by molar-refractivity contribution is -0.137. The minimum Gasteiger partial charge on any atom is -0.398 e. The molecular formula is C19H14F3N3. The highest BCUT2D eigenvalue weighted by molar-refractivity contribution is 5.94. The first-order valence-corrected chi connectivity index (χ1v) is 7.68. The Hall–Kier alpha value is -3.02. The smallest absolute Gasteiger partial charge is 0.398 e. The molecule has 2 heterocycles. The van der Waals surface area contributed by atoms with Crippen LogP contribution < -0.4 is 5.73 Å². The molecule has 0 saturated heterocycles. The zero-order valence-corrected chi connectivity index (χ0v) is 13.3. The number of aromatic amines is 1. The van der Waals surface area contributed by atoms with E-state index in [9.17, 15) is 13.2 Å². The van der Waals surface area contributed by atoms with E-state index in [-0.39, 0.29) is 5.52 Å². The molecule has 0 radical (unpaired) electrons. The van der Waals surface area contributed by atoms with Crippen molar-refractivity contribution in [3.63, 3.8) is 0 Å². The molecule has 6 heteroatoms. The summed E-state index contributed by atoms with van der Waals surface area (Å²) in [6.07, 6.45) is -4.41. The normalized spacial score (nSPS) is 12.2. The van der Waals surface area contributed by atoms with E-state index in [1.165, 1.54) is 6.07 Å². The van der Waals surface area contributed by atoms with Crippen LogP contribution in [0.4, 0.5) is 18.9 Å². The van der Waals surface area contributed by atoms with E-state index in [0.29, 0.717) is 16.8 Å². The summed E-state index contributed by atoms with van der Waals surface area (Å²) in [5.74, 6) is 0. The maximum atomic E-state index is 13.0. The van der Waals surface area contributed by atoms with Crippen LogP contribution >= 0.6 is 0 Å². The second kappa shape index (κ2) is 5.24. The Morgan fingerprint density at radius 2 is 1.80 bits per heavy atom. The summed E-state index contributed by atoms with van der Waals surface area (Å²) >= 11 is 0. The van der Waals surface area contributed by atoms with Gasteiger partial charge in [0, 0.05) is 33.2 Å². The second-order valence-corrected chi connectivity index (χ2v) is 6.08. The van der Waals surface area contributed by atoms with Crippen LogP contribution in [0.3, 0.4) is 0 Å². The highest BCUT2D eigenvalue weighted by Gasteiger charge is 2.30. The number of nitrogen functional groups attached to an aromatic ring is 1. The number of rotatable bonds is 1. The third kappa shape index (κ3) is 2.69. The minimum atomic E-state index is -4.41. The lowest BCUT2D eigenvalue weighted by Crippen LogP contribution is -2.05. The Morgan fingerprint density at radius 1 is 1.00 bits per heavy atom. The molecule has 0 aliphatic carbocycles. The number of hydrogen-bond donors (Lipinski definition) is 2. The molecule has 4 aromatic rings. The molecular weight excluding hydrogens is 327 g/mol. The quantitative estimate of drug-likeness (QED) is 0.494. The van der Waals surface area contributed by atoms with E-state index in [1.807, 2.05) is 31.2 Å². The first kappa shape index (κ1) is 15.5. The van der Waals surface area contributed by atoms with Crippen molar-refractivity contribution in [2.75, 3.05) is 5.73 Å².